The maximum absolute atomic E-state index is 12.8. The van der Waals surface area contributed by atoms with Gasteiger partial charge in [0.15, 0.2) is 0 Å². The van der Waals surface area contributed by atoms with Crippen molar-refractivity contribution in [2.75, 3.05) is 12.9 Å². The number of nitrogens with one attached hydrogen (secondary N) is 1. The van der Waals surface area contributed by atoms with E-state index in [1.165, 1.54) is 11.8 Å². The number of amides is 1. The number of benzene rings is 3. The van der Waals surface area contributed by atoms with E-state index in [1.807, 2.05) is 84.9 Å². The number of tetrazole rings is 1. The lowest BCUT2D eigenvalue weighted by molar-refractivity contribution is -0.119. The Morgan fingerprint density at radius 1 is 0.968 bits per heavy atom. The minimum Gasteiger partial charge on any atom is -0.497 e. The van der Waals surface area contributed by atoms with Crippen molar-refractivity contribution in [1.82, 2.24) is 25.5 Å². The fourth-order valence-corrected chi connectivity index (χ4v) is 3.84. The molecule has 0 aliphatic rings. The number of carbonyl (C=O) groups is 1. The van der Waals surface area contributed by atoms with Gasteiger partial charge in [0.25, 0.3) is 0 Å². The molecule has 0 unspecified atom stereocenters. The summed E-state index contributed by atoms with van der Waals surface area (Å²) in [7, 11) is 1.62. The maximum Gasteiger partial charge on any atom is 0.231 e. The number of nitrogens with zero attached hydrogens (tertiary/aromatic N) is 4. The van der Waals surface area contributed by atoms with Gasteiger partial charge in [-0.15, -0.1) is 5.10 Å². The second-order valence-electron chi connectivity index (χ2n) is 6.68. The van der Waals surface area contributed by atoms with E-state index in [1.54, 1.807) is 11.8 Å². The van der Waals surface area contributed by atoms with E-state index < -0.39 is 0 Å². The number of hydrogen-bond acceptors (Lipinski definition) is 6. The summed E-state index contributed by atoms with van der Waals surface area (Å²) in [4.78, 5) is 12.8. The van der Waals surface area contributed by atoms with E-state index in [0.717, 1.165) is 22.6 Å². The van der Waals surface area contributed by atoms with Gasteiger partial charge < -0.3 is 10.1 Å². The fourth-order valence-electron chi connectivity index (χ4n) is 3.14. The van der Waals surface area contributed by atoms with Crippen molar-refractivity contribution >= 4 is 17.7 Å². The number of methoxy groups -OCH3 is 1. The molecular formula is C23H21N5O2S. The minimum absolute atomic E-state index is 0.105. The van der Waals surface area contributed by atoms with Gasteiger partial charge in [0.1, 0.15) is 5.75 Å². The van der Waals surface area contributed by atoms with Crippen LogP contribution in [0.3, 0.4) is 0 Å². The highest BCUT2D eigenvalue weighted by Gasteiger charge is 2.18. The number of ether oxygens (including phenoxy) is 1. The first-order valence-electron chi connectivity index (χ1n) is 9.69. The van der Waals surface area contributed by atoms with E-state index >= 15 is 0 Å². The Hall–Kier alpha value is -3.65. The monoisotopic (exact) mass is 431 g/mol. The van der Waals surface area contributed by atoms with E-state index in [2.05, 4.69) is 20.8 Å². The van der Waals surface area contributed by atoms with E-state index in [4.69, 9.17) is 4.74 Å². The molecule has 0 bridgehead atoms. The molecule has 0 aliphatic carbocycles. The molecule has 156 valence electrons. The van der Waals surface area contributed by atoms with Crippen LogP contribution in [0.4, 0.5) is 0 Å². The molecule has 8 heteroatoms. The molecule has 1 amide bonds. The van der Waals surface area contributed by atoms with Crippen LogP contribution in [0.25, 0.3) is 5.69 Å². The summed E-state index contributed by atoms with van der Waals surface area (Å²) in [5.41, 5.74) is 2.84. The van der Waals surface area contributed by atoms with Crippen molar-refractivity contribution in [3.63, 3.8) is 0 Å². The summed E-state index contributed by atoms with van der Waals surface area (Å²) in [6.45, 7) is 0. The Kier molecular flexibility index (Phi) is 6.59. The Bertz CT molecular complexity index is 1080. The van der Waals surface area contributed by atoms with Crippen LogP contribution < -0.4 is 10.1 Å². The van der Waals surface area contributed by atoms with E-state index in [9.17, 15) is 4.79 Å². The fraction of sp³-hybridized carbons (Fsp3) is 0.130. The van der Waals surface area contributed by atoms with Crippen LogP contribution >= 0.6 is 11.8 Å². The van der Waals surface area contributed by atoms with E-state index in [0.29, 0.717) is 5.16 Å². The molecule has 4 rings (SSSR count). The predicted octanol–water partition coefficient (Wildman–Crippen LogP) is 3.67. The first kappa shape index (κ1) is 20.6. The molecule has 0 aliphatic heterocycles. The Morgan fingerprint density at radius 3 is 2.16 bits per heavy atom. The zero-order chi connectivity index (χ0) is 21.5. The Morgan fingerprint density at radius 2 is 1.58 bits per heavy atom. The van der Waals surface area contributed by atoms with E-state index in [-0.39, 0.29) is 17.7 Å². The quantitative estimate of drug-likeness (QED) is 0.429. The topological polar surface area (TPSA) is 81.9 Å². The molecule has 0 atom stereocenters. The highest BCUT2D eigenvalue weighted by atomic mass is 32.2. The van der Waals surface area contributed by atoms with Crippen molar-refractivity contribution in [3.05, 3.63) is 96.1 Å². The summed E-state index contributed by atoms with van der Waals surface area (Å²) < 4.78 is 6.79. The third kappa shape index (κ3) is 5.10. The molecule has 0 spiro atoms. The number of thioether (sulfide) groups is 1. The van der Waals surface area contributed by atoms with Gasteiger partial charge in [0, 0.05) is 0 Å². The maximum atomic E-state index is 12.8. The van der Waals surface area contributed by atoms with Crippen LogP contribution in [-0.2, 0) is 4.79 Å². The molecule has 7 nitrogen and oxygen atoms in total. The van der Waals surface area contributed by atoms with Crippen molar-refractivity contribution < 1.29 is 9.53 Å². The lowest BCUT2D eigenvalue weighted by atomic mass is 9.99. The molecular weight excluding hydrogens is 410 g/mol. The first-order chi connectivity index (χ1) is 15.2. The van der Waals surface area contributed by atoms with Gasteiger partial charge in [0.05, 0.1) is 24.6 Å². The van der Waals surface area contributed by atoms with Crippen LogP contribution in [0.2, 0.25) is 0 Å². The van der Waals surface area contributed by atoms with Crippen LogP contribution in [-0.4, -0.2) is 39.0 Å². The lowest BCUT2D eigenvalue weighted by Gasteiger charge is -2.19. The number of rotatable bonds is 8. The summed E-state index contributed by atoms with van der Waals surface area (Å²) in [6, 6.07) is 27.0. The van der Waals surface area contributed by atoms with Gasteiger partial charge in [0.2, 0.25) is 11.1 Å². The van der Waals surface area contributed by atoms with Crippen molar-refractivity contribution in [1.29, 1.82) is 0 Å². The van der Waals surface area contributed by atoms with Gasteiger partial charge >= 0.3 is 0 Å². The van der Waals surface area contributed by atoms with Crippen LogP contribution in [0.15, 0.2) is 90.1 Å². The van der Waals surface area contributed by atoms with Gasteiger partial charge in [-0.2, -0.15) is 4.68 Å². The van der Waals surface area contributed by atoms with Crippen molar-refractivity contribution in [2.45, 2.75) is 11.2 Å². The Balaban J connectivity index is 1.45. The SMILES string of the molecule is COc1ccc(-n2nnnc2SCC(=O)NC(c2ccccc2)c2ccccc2)cc1. The molecule has 1 aromatic heterocycles. The highest BCUT2D eigenvalue weighted by molar-refractivity contribution is 7.99. The van der Waals surface area contributed by atoms with Crippen LogP contribution in [0.1, 0.15) is 17.2 Å². The van der Waals surface area contributed by atoms with Gasteiger partial charge in [-0.1, -0.05) is 72.4 Å². The molecule has 0 fully saturated rings. The van der Waals surface area contributed by atoms with Crippen LogP contribution in [0, 0.1) is 0 Å². The van der Waals surface area contributed by atoms with Gasteiger partial charge in [-0.3, -0.25) is 4.79 Å². The number of carbonyl (C=O) groups excluding carboxylic acids is 1. The normalized spacial score (nSPS) is 10.8. The third-order valence-corrected chi connectivity index (χ3v) is 5.58. The molecule has 0 radical (unpaired) electrons. The Labute approximate surface area is 184 Å². The summed E-state index contributed by atoms with van der Waals surface area (Å²) in [5.74, 6) is 0.831. The third-order valence-electron chi connectivity index (χ3n) is 4.66. The lowest BCUT2D eigenvalue weighted by Crippen LogP contribution is -2.30. The number of aromatic nitrogens is 4. The average molecular weight is 432 g/mol. The largest absolute Gasteiger partial charge is 0.497 e. The first-order valence-corrected chi connectivity index (χ1v) is 10.7. The second-order valence-corrected chi connectivity index (χ2v) is 7.62. The number of hydrogen-bond donors (Lipinski definition) is 1. The smallest absolute Gasteiger partial charge is 0.231 e. The standard InChI is InChI=1S/C23H21N5O2S/c1-30-20-14-12-19(13-15-20)28-23(25-26-27-28)31-16-21(29)24-22(17-8-4-2-5-9-17)18-10-6-3-7-11-18/h2-15,22H,16H2,1H3,(H,24,29). The van der Waals surface area contributed by atoms with Crippen molar-refractivity contribution in [2.24, 2.45) is 0 Å². The van der Waals surface area contributed by atoms with Crippen molar-refractivity contribution in [3.8, 4) is 11.4 Å². The summed E-state index contributed by atoms with van der Waals surface area (Å²) in [5, 5.41) is 15.5. The molecule has 1 heterocycles. The van der Waals surface area contributed by atoms with Crippen LogP contribution in [0.5, 0.6) is 5.75 Å². The summed E-state index contributed by atoms with van der Waals surface area (Å²) in [6.07, 6.45) is 0. The van der Waals surface area contributed by atoms with Gasteiger partial charge in [-0.05, 0) is 45.8 Å². The van der Waals surface area contributed by atoms with Gasteiger partial charge in [-0.25, -0.2) is 0 Å². The molecule has 3 aromatic carbocycles. The minimum atomic E-state index is -0.229. The average Bonchev–Trinajstić information content (AvgIpc) is 3.31. The molecule has 0 saturated heterocycles. The molecule has 0 saturated carbocycles. The predicted molar refractivity (Wildman–Crippen MR) is 119 cm³/mol. The zero-order valence-electron chi connectivity index (χ0n) is 16.9. The summed E-state index contributed by atoms with van der Waals surface area (Å²) >= 11 is 1.28. The zero-order valence-corrected chi connectivity index (χ0v) is 17.7. The second kappa shape index (κ2) is 9.90. The molecule has 1 N–H and O–H groups in total. The highest BCUT2D eigenvalue weighted by Crippen LogP contribution is 2.23. The molecule has 31 heavy (non-hydrogen) atoms. The molecule has 4 aromatic rings.